The van der Waals surface area contributed by atoms with Crippen molar-refractivity contribution in [2.75, 3.05) is 0 Å². The van der Waals surface area contributed by atoms with E-state index in [0.29, 0.717) is 6.42 Å². The van der Waals surface area contributed by atoms with Crippen LogP contribution in [-0.4, -0.2) is 5.97 Å². The van der Waals surface area contributed by atoms with Crippen molar-refractivity contribution in [1.29, 1.82) is 0 Å². The van der Waals surface area contributed by atoms with Gasteiger partial charge in [-0.05, 0) is 12.8 Å². The van der Waals surface area contributed by atoms with Crippen molar-refractivity contribution in [3.63, 3.8) is 0 Å². The molecule has 4 heteroatoms. The zero-order valence-electron chi connectivity index (χ0n) is 10.4. The van der Waals surface area contributed by atoms with E-state index in [-0.39, 0.29) is 5.92 Å². The summed E-state index contributed by atoms with van der Waals surface area (Å²) in [7, 11) is 0. The van der Waals surface area contributed by atoms with Gasteiger partial charge < -0.3 is 0 Å². The lowest BCUT2D eigenvalue weighted by Gasteiger charge is -2.09. The number of rotatable bonds is 10. The summed E-state index contributed by atoms with van der Waals surface area (Å²) in [6, 6.07) is 0. The third-order valence-electron chi connectivity index (χ3n) is 2.86. The van der Waals surface area contributed by atoms with Gasteiger partial charge in [0, 0.05) is 0 Å². The minimum absolute atomic E-state index is 0.163. The Kier molecular flexibility index (Phi) is 9.97. The SMILES string of the molecule is CCCCCCCCC(CC)C(=O)ON=O. The van der Waals surface area contributed by atoms with E-state index < -0.39 is 5.97 Å². The molecular formula is C12H23NO3. The molecule has 4 nitrogen and oxygen atoms in total. The van der Waals surface area contributed by atoms with Crippen LogP contribution in [-0.2, 0) is 9.63 Å². The zero-order chi connectivity index (χ0) is 12.2. The fourth-order valence-corrected chi connectivity index (χ4v) is 1.77. The summed E-state index contributed by atoms with van der Waals surface area (Å²) in [6.07, 6.45) is 8.72. The van der Waals surface area contributed by atoms with Crippen LogP contribution in [0.2, 0.25) is 0 Å². The van der Waals surface area contributed by atoms with Gasteiger partial charge in [-0.1, -0.05) is 52.4 Å². The quantitative estimate of drug-likeness (QED) is 0.323. The molecule has 0 rings (SSSR count). The Hall–Kier alpha value is -0.930. The van der Waals surface area contributed by atoms with Crippen molar-refractivity contribution < 1.29 is 9.63 Å². The van der Waals surface area contributed by atoms with Crippen molar-refractivity contribution in [3.05, 3.63) is 4.91 Å². The molecule has 0 aromatic carbocycles. The first kappa shape index (κ1) is 15.1. The van der Waals surface area contributed by atoms with Crippen LogP contribution in [0.3, 0.4) is 0 Å². The average molecular weight is 229 g/mol. The molecule has 0 saturated heterocycles. The Balaban J connectivity index is 3.55. The molecule has 0 bridgehead atoms. The summed E-state index contributed by atoms with van der Waals surface area (Å²) in [5.41, 5.74) is 0. The molecule has 0 saturated carbocycles. The van der Waals surface area contributed by atoms with Gasteiger partial charge in [-0.25, -0.2) is 4.79 Å². The van der Waals surface area contributed by atoms with E-state index in [4.69, 9.17) is 0 Å². The molecule has 1 unspecified atom stereocenters. The van der Waals surface area contributed by atoms with E-state index in [9.17, 15) is 9.70 Å². The first-order valence-corrected chi connectivity index (χ1v) is 6.29. The summed E-state index contributed by atoms with van der Waals surface area (Å²) >= 11 is 0. The first-order valence-electron chi connectivity index (χ1n) is 6.29. The third-order valence-corrected chi connectivity index (χ3v) is 2.86. The second kappa shape index (κ2) is 10.6. The summed E-state index contributed by atoms with van der Waals surface area (Å²) < 4.78 is 0. The molecular weight excluding hydrogens is 206 g/mol. The average Bonchev–Trinajstić information content (AvgIpc) is 2.28. The van der Waals surface area contributed by atoms with E-state index in [0.717, 1.165) is 19.3 Å². The molecule has 16 heavy (non-hydrogen) atoms. The highest BCUT2D eigenvalue weighted by Crippen LogP contribution is 2.16. The number of carbonyl (C=O) groups is 1. The number of nitrogens with zero attached hydrogens (tertiary/aromatic N) is 1. The maximum Gasteiger partial charge on any atom is 0.341 e. The van der Waals surface area contributed by atoms with Gasteiger partial charge in [0.25, 0.3) is 0 Å². The summed E-state index contributed by atoms with van der Waals surface area (Å²) in [5.74, 6) is -0.644. The molecule has 0 fully saturated rings. The number of hydrogen-bond donors (Lipinski definition) is 0. The molecule has 0 heterocycles. The standard InChI is InChI=1S/C12H23NO3/c1-3-5-6-7-8-9-10-11(4-2)12(14)16-13-15/h11H,3-10H2,1-2H3. The zero-order valence-corrected chi connectivity index (χ0v) is 10.4. The van der Waals surface area contributed by atoms with Gasteiger partial charge in [0.2, 0.25) is 0 Å². The van der Waals surface area contributed by atoms with Crippen LogP contribution < -0.4 is 0 Å². The van der Waals surface area contributed by atoms with Gasteiger partial charge in [0.05, 0.1) is 5.92 Å². The fourth-order valence-electron chi connectivity index (χ4n) is 1.77. The Labute approximate surface area is 97.7 Å². The first-order chi connectivity index (χ1) is 7.76. The van der Waals surface area contributed by atoms with Gasteiger partial charge in [0.1, 0.15) is 0 Å². The molecule has 0 amide bonds. The predicted octanol–water partition coefficient (Wildman–Crippen LogP) is 3.99. The van der Waals surface area contributed by atoms with Crippen LogP contribution in [0.4, 0.5) is 0 Å². The van der Waals surface area contributed by atoms with Crippen LogP contribution >= 0.6 is 0 Å². The predicted molar refractivity (Wildman–Crippen MR) is 63.7 cm³/mol. The topological polar surface area (TPSA) is 55.7 Å². The summed E-state index contributed by atoms with van der Waals surface area (Å²) in [5, 5.41) is 2.17. The molecule has 0 N–H and O–H groups in total. The van der Waals surface area contributed by atoms with E-state index in [2.05, 4.69) is 17.1 Å². The van der Waals surface area contributed by atoms with Crippen molar-refractivity contribution in [3.8, 4) is 0 Å². The molecule has 94 valence electrons. The van der Waals surface area contributed by atoms with E-state index in [1.807, 2.05) is 6.92 Å². The van der Waals surface area contributed by atoms with Gasteiger partial charge in [0.15, 0.2) is 5.34 Å². The Morgan fingerprint density at radius 2 is 1.75 bits per heavy atom. The summed E-state index contributed by atoms with van der Waals surface area (Å²) in [4.78, 5) is 25.1. The number of hydrogen-bond acceptors (Lipinski definition) is 4. The monoisotopic (exact) mass is 229 g/mol. The maximum atomic E-state index is 11.2. The third kappa shape index (κ3) is 7.37. The van der Waals surface area contributed by atoms with E-state index in [1.54, 1.807) is 0 Å². The smallest absolute Gasteiger partial charge is 0.284 e. The second-order valence-electron chi connectivity index (χ2n) is 4.15. The van der Waals surface area contributed by atoms with Gasteiger partial charge >= 0.3 is 5.97 Å². The van der Waals surface area contributed by atoms with E-state index in [1.165, 1.54) is 25.7 Å². The number of carbonyl (C=O) groups excluding carboxylic acids is 1. The normalized spacial score (nSPS) is 12.1. The van der Waals surface area contributed by atoms with Crippen LogP contribution in [0.1, 0.15) is 65.2 Å². The molecule has 0 radical (unpaired) electrons. The van der Waals surface area contributed by atoms with Gasteiger partial charge in [-0.2, -0.15) is 0 Å². The van der Waals surface area contributed by atoms with Gasteiger partial charge in [-0.3, -0.25) is 4.84 Å². The fraction of sp³-hybridized carbons (Fsp3) is 0.917. The molecule has 0 aliphatic carbocycles. The lowest BCUT2D eigenvalue weighted by molar-refractivity contribution is -0.149. The van der Waals surface area contributed by atoms with Crippen LogP contribution in [0.15, 0.2) is 5.34 Å². The van der Waals surface area contributed by atoms with Crippen molar-refractivity contribution in [2.24, 2.45) is 11.3 Å². The largest absolute Gasteiger partial charge is 0.341 e. The Morgan fingerprint density at radius 3 is 2.31 bits per heavy atom. The van der Waals surface area contributed by atoms with E-state index >= 15 is 0 Å². The number of unbranched alkanes of at least 4 members (excludes halogenated alkanes) is 5. The molecule has 0 aliphatic heterocycles. The highest BCUT2D eigenvalue weighted by Gasteiger charge is 2.18. The highest BCUT2D eigenvalue weighted by molar-refractivity contribution is 5.72. The molecule has 0 aromatic rings. The second-order valence-corrected chi connectivity index (χ2v) is 4.15. The van der Waals surface area contributed by atoms with Gasteiger partial charge in [-0.15, -0.1) is 4.91 Å². The van der Waals surface area contributed by atoms with Crippen LogP contribution in [0.25, 0.3) is 0 Å². The van der Waals surface area contributed by atoms with Crippen molar-refractivity contribution in [2.45, 2.75) is 65.2 Å². The van der Waals surface area contributed by atoms with Crippen LogP contribution in [0, 0.1) is 10.8 Å². The maximum absolute atomic E-state index is 11.2. The van der Waals surface area contributed by atoms with Crippen molar-refractivity contribution in [1.82, 2.24) is 0 Å². The lowest BCUT2D eigenvalue weighted by Crippen LogP contribution is -2.14. The minimum Gasteiger partial charge on any atom is -0.284 e. The van der Waals surface area contributed by atoms with Crippen molar-refractivity contribution >= 4 is 5.97 Å². The molecule has 0 aliphatic rings. The molecule has 0 aromatic heterocycles. The molecule has 1 atom stereocenters. The lowest BCUT2D eigenvalue weighted by atomic mass is 9.98. The summed E-state index contributed by atoms with van der Waals surface area (Å²) in [6.45, 7) is 4.11. The Morgan fingerprint density at radius 1 is 1.12 bits per heavy atom. The highest BCUT2D eigenvalue weighted by atomic mass is 16.7. The van der Waals surface area contributed by atoms with Crippen LogP contribution in [0.5, 0.6) is 0 Å². The molecule has 0 spiro atoms. The minimum atomic E-state index is -0.481. The Bertz CT molecular complexity index is 195.